The summed E-state index contributed by atoms with van der Waals surface area (Å²) in [6.45, 7) is 6.48. The topological polar surface area (TPSA) is 9.23 Å². The number of benzene rings is 1. The molecule has 13 heavy (non-hydrogen) atoms. The highest BCUT2D eigenvalue weighted by molar-refractivity contribution is 14.1. The van der Waals surface area contributed by atoms with Gasteiger partial charge in [-0.15, -0.1) is 0 Å². The maximum Gasteiger partial charge on any atom is 0.135 e. The number of rotatable bonds is 2. The number of aryl methyl sites for hydroxylation is 1. The molecule has 1 aromatic rings. The van der Waals surface area contributed by atoms with Gasteiger partial charge < -0.3 is 4.74 Å². The fraction of sp³-hybridized carbons (Fsp3) is 0.455. The van der Waals surface area contributed by atoms with Gasteiger partial charge in [-0.05, 0) is 46.6 Å². The summed E-state index contributed by atoms with van der Waals surface area (Å²) in [6, 6.07) is 4.31. The molecule has 0 aliphatic rings. The molecule has 0 aliphatic heterocycles. The first kappa shape index (κ1) is 10.8. The Labute approximate surface area is 93.6 Å². The first-order valence-electron chi connectivity index (χ1n) is 4.41. The summed E-state index contributed by atoms with van der Waals surface area (Å²) in [5, 5.41) is 0. The van der Waals surface area contributed by atoms with Gasteiger partial charge in [0.25, 0.3) is 0 Å². The Morgan fingerprint density at radius 1 is 1.31 bits per heavy atom. The zero-order chi connectivity index (χ0) is 10.0. The molecule has 2 heteroatoms. The standard InChI is InChI=1S/C11H15IO/c1-7(2)9-6-5-8(3)11(13-4)10(9)12/h5-7H,1-4H3. The summed E-state index contributed by atoms with van der Waals surface area (Å²) in [6.07, 6.45) is 0. The minimum atomic E-state index is 0.557. The number of ether oxygens (including phenoxy) is 1. The van der Waals surface area contributed by atoms with Gasteiger partial charge in [0, 0.05) is 0 Å². The summed E-state index contributed by atoms with van der Waals surface area (Å²) >= 11 is 2.36. The summed E-state index contributed by atoms with van der Waals surface area (Å²) in [5.74, 6) is 1.58. The van der Waals surface area contributed by atoms with E-state index in [1.807, 2.05) is 0 Å². The van der Waals surface area contributed by atoms with E-state index >= 15 is 0 Å². The van der Waals surface area contributed by atoms with Crippen LogP contribution < -0.4 is 4.74 Å². The summed E-state index contributed by atoms with van der Waals surface area (Å²) in [5.41, 5.74) is 2.57. The predicted octanol–water partition coefficient (Wildman–Crippen LogP) is 3.73. The highest BCUT2D eigenvalue weighted by Gasteiger charge is 2.11. The second kappa shape index (κ2) is 4.31. The van der Waals surface area contributed by atoms with E-state index in [1.54, 1.807) is 7.11 Å². The fourth-order valence-corrected chi connectivity index (χ4v) is 2.81. The Morgan fingerprint density at radius 3 is 2.38 bits per heavy atom. The van der Waals surface area contributed by atoms with Gasteiger partial charge in [-0.25, -0.2) is 0 Å². The molecule has 1 rings (SSSR count). The Bertz CT molecular complexity index is 305. The van der Waals surface area contributed by atoms with E-state index in [2.05, 4.69) is 55.5 Å². The Kier molecular flexibility index (Phi) is 3.59. The molecule has 0 bridgehead atoms. The van der Waals surface area contributed by atoms with Gasteiger partial charge in [0.2, 0.25) is 0 Å². The van der Waals surface area contributed by atoms with Crippen LogP contribution in [0.5, 0.6) is 5.75 Å². The number of halogens is 1. The van der Waals surface area contributed by atoms with E-state index in [-0.39, 0.29) is 0 Å². The van der Waals surface area contributed by atoms with Crippen LogP contribution in [0.3, 0.4) is 0 Å². The molecule has 72 valence electrons. The molecule has 1 nitrogen and oxygen atoms in total. The molecule has 0 fully saturated rings. The first-order valence-corrected chi connectivity index (χ1v) is 5.48. The zero-order valence-corrected chi connectivity index (χ0v) is 10.7. The largest absolute Gasteiger partial charge is 0.495 e. The first-order chi connectivity index (χ1) is 6.07. The van der Waals surface area contributed by atoms with E-state index in [0.29, 0.717) is 5.92 Å². The predicted molar refractivity (Wildman–Crippen MR) is 64.5 cm³/mol. The van der Waals surface area contributed by atoms with Crippen molar-refractivity contribution in [3.63, 3.8) is 0 Å². The summed E-state index contributed by atoms with van der Waals surface area (Å²) in [7, 11) is 1.73. The van der Waals surface area contributed by atoms with E-state index in [0.717, 1.165) is 5.75 Å². The SMILES string of the molecule is COc1c(C)ccc(C(C)C)c1I. The Balaban J connectivity index is 3.27. The lowest BCUT2D eigenvalue weighted by molar-refractivity contribution is 0.407. The van der Waals surface area contributed by atoms with Crippen molar-refractivity contribution in [1.82, 2.24) is 0 Å². The van der Waals surface area contributed by atoms with Crippen LogP contribution in [-0.2, 0) is 0 Å². The van der Waals surface area contributed by atoms with Crippen molar-refractivity contribution in [1.29, 1.82) is 0 Å². The molecule has 0 aliphatic carbocycles. The zero-order valence-electron chi connectivity index (χ0n) is 8.52. The molecule has 0 radical (unpaired) electrons. The van der Waals surface area contributed by atoms with Crippen molar-refractivity contribution in [2.45, 2.75) is 26.7 Å². The van der Waals surface area contributed by atoms with Crippen LogP contribution in [0.15, 0.2) is 12.1 Å². The average Bonchev–Trinajstić information content (AvgIpc) is 2.04. The van der Waals surface area contributed by atoms with Crippen LogP contribution in [-0.4, -0.2) is 7.11 Å². The van der Waals surface area contributed by atoms with Crippen molar-refractivity contribution in [2.75, 3.05) is 7.11 Å². The molecular weight excluding hydrogens is 275 g/mol. The van der Waals surface area contributed by atoms with E-state index in [4.69, 9.17) is 4.74 Å². The highest BCUT2D eigenvalue weighted by Crippen LogP contribution is 2.31. The number of methoxy groups -OCH3 is 1. The van der Waals surface area contributed by atoms with Crippen molar-refractivity contribution in [2.24, 2.45) is 0 Å². The maximum absolute atomic E-state index is 5.36. The second-order valence-electron chi connectivity index (χ2n) is 3.47. The van der Waals surface area contributed by atoms with E-state index in [1.165, 1.54) is 14.7 Å². The molecule has 0 heterocycles. The molecule has 0 spiro atoms. The normalized spacial score (nSPS) is 10.6. The number of hydrogen-bond donors (Lipinski definition) is 0. The lowest BCUT2D eigenvalue weighted by atomic mass is 10.0. The fourth-order valence-electron chi connectivity index (χ4n) is 1.36. The van der Waals surface area contributed by atoms with Crippen molar-refractivity contribution in [3.05, 3.63) is 26.8 Å². The van der Waals surface area contributed by atoms with Crippen LogP contribution in [0.4, 0.5) is 0 Å². The second-order valence-corrected chi connectivity index (χ2v) is 4.55. The lowest BCUT2D eigenvalue weighted by Gasteiger charge is -2.13. The molecule has 1 aromatic carbocycles. The third kappa shape index (κ3) is 2.16. The van der Waals surface area contributed by atoms with Gasteiger partial charge in [0.05, 0.1) is 10.7 Å². The third-order valence-corrected chi connectivity index (χ3v) is 3.26. The van der Waals surface area contributed by atoms with Gasteiger partial charge in [-0.3, -0.25) is 0 Å². The Morgan fingerprint density at radius 2 is 1.92 bits per heavy atom. The number of hydrogen-bond acceptors (Lipinski definition) is 1. The van der Waals surface area contributed by atoms with Gasteiger partial charge in [0.15, 0.2) is 0 Å². The van der Waals surface area contributed by atoms with E-state index < -0.39 is 0 Å². The van der Waals surface area contributed by atoms with Crippen LogP contribution in [0.1, 0.15) is 30.9 Å². The minimum absolute atomic E-state index is 0.557. The molecular formula is C11H15IO. The van der Waals surface area contributed by atoms with E-state index in [9.17, 15) is 0 Å². The van der Waals surface area contributed by atoms with Gasteiger partial charge in [-0.2, -0.15) is 0 Å². The monoisotopic (exact) mass is 290 g/mol. The Hall–Kier alpha value is -0.250. The van der Waals surface area contributed by atoms with Crippen molar-refractivity contribution in [3.8, 4) is 5.75 Å². The molecule has 0 saturated carbocycles. The molecule has 0 atom stereocenters. The quantitative estimate of drug-likeness (QED) is 0.754. The van der Waals surface area contributed by atoms with Gasteiger partial charge >= 0.3 is 0 Å². The molecule has 0 N–H and O–H groups in total. The van der Waals surface area contributed by atoms with Gasteiger partial charge in [-0.1, -0.05) is 26.0 Å². The molecule has 0 saturated heterocycles. The van der Waals surface area contributed by atoms with Gasteiger partial charge in [0.1, 0.15) is 5.75 Å². The van der Waals surface area contributed by atoms with Crippen LogP contribution in [0, 0.1) is 10.5 Å². The summed E-state index contributed by atoms with van der Waals surface area (Å²) < 4.78 is 6.60. The minimum Gasteiger partial charge on any atom is -0.495 e. The van der Waals surface area contributed by atoms with Crippen molar-refractivity contribution >= 4 is 22.6 Å². The average molecular weight is 290 g/mol. The molecule has 0 aromatic heterocycles. The maximum atomic E-state index is 5.36. The smallest absolute Gasteiger partial charge is 0.135 e. The highest BCUT2D eigenvalue weighted by atomic mass is 127. The lowest BCUT2D eigenvalue weighted by Crippen LogP contribution is -1.97. The van der Waals surface area contributed by atoms with Crippen molar-refractivity contribution < 1.29 is 4.74 Å². The van der Waals surface area contributed by atoms with Crippen LogP contribution in [0.25, 0.3) is 0 Å². The summed E-state index contributed by atoms with van der Waals surface area (Å²) in [4.78, 5) is 0. The van der Waals surface area contributed by atoms with Crippen LogP contribution in [0.2, 0.25) is 0 Å². The van der Waals surface area contributed by atoms with Crippen LogP contribution >= 0.6 is 22.6 Å². The molecule has 0 unspecified atom stereocenters. The molecule has 0 amide bonds. The third-order valence-electron chi connectivity index (χ3n) is 2.15.